The molecule has 0 aliphatic carbocycles. The molecule has 0 bridgehead atoms. The largest absolute Gasteiger partial charge is 0.494 e. The zero-order valence-corrected chi connectivity index (χ0v) is 17.8. The van der Waals surface area contributed by atoms with Crippen LogP contribution in [0, 0.1) is 0 Å². The topological polar surface area (TPSA) is 45.6 Å². The van der Waals surface area contributed by atoms with Crippen molar-refractivity contribution in [3.8, 4) is 5.75 Å². The van der Waals surface area contributed by atoms with Gasteiger partial charge < -0.3 is 15.4 Å². The van der Waals surface area contributed by atoms with Gasteiger partial charge in [-0.1, -0.05) is 54.6 Å². The molecule has 1 aliphatic rings. The number of hydrogen-bond donors (Lipinski definition) is 2. The number of benzene rings is 3. The Morgan fingerprint density at radius 3 is 2.20 bits per heavy atom. The number of rotatable bonds is 8. The third kappa shape index (κ3) is 6.53. The summed E-state index contributed by atoms with van der Waals surface area (Å²) < 4.78 is 5.89. The van der Waals surface area contributed by atoms with Crippen molar-refractivity contribution in [2.45, 2.75) is 19.3 Å². The predicted octanol–water partition coefficient (Wildman–Crippen LogP) is 5.08. The van der Waals surface area contributed by atoms with E-state index in [2.05, 4.69) is 94.5 Å². The number of aryl methyl sites for hydroxylation is 1. The first-order chi connectivity index (χ1) is 14.3. The van der Waals surface area contributed by atoms with Crippen molar-refractivity contribution in [1.82, 2.24) is 5.32 Å². The van der Waals surface area contributed by atoms with E-state index in [0.29, 0.717) is 0 Å². The Kier molecular flexibility index (Phi) is 8.16. The van der Waals surface area contributed by atoms with E-state index in [4.69, 9.17) is 4.74 Å². The van der Waals surface area contributed by atoms with Crippen LogP contribution in [-0.2, 0) is 12.8 Å². The fraction of sp³-hybridized carbons (Fsp3) is 0.240. The van der Waals surface area contributed by atoms with E-state index in [1.165, 1.54) is 16.7 Å². The Morgan fingerprint density at radius 1 is 0.833 bits per heavy atom. The van der Waals surface area contributed by atoms with Gasteiger partial charge in [-0.05, 0) is 60.2 Å². The normalized spacial score (nSPS) is 12.5. The highest BCUT2D eigenvalue weighted by Gasteiger charge is 2.05. The number of ether oxygens (including phenoxy) is 1. The number of halogens is 1. The Balaban J connectivity index is 0.00000256. The van der Waals surface area contributed by atoms with E-state index >= 15 is 0 Å². The second kappa shape index (κ2) is 11.3. The molecule has 0 atom stereocenters. The molecule has 4 rings (SSSR count). The van der Waals surface area contributed by atoms with Crippen LogP contribution in [0.1, 0.15) is 23.1 Å². The smallest absolute Gasteiger partial charge is 0.195 e. The van der Waals surface area contributed by atoms with Crippen molar-refractivity contribution < 1.29 is 4.74 Å². The van der Waals surface area contributed by atoms with Crippen LogP contribution < -0.4 is 15.4 Å². The molecule has 5 heteroatoms. The zero-order valence-electron chi connectivity index (χ0n) is 17.0. The highest BCUT2D eigenvalue weighted by atomic mass is 35.5. The summed E-state index contributed by atoms with van der Waals surface area (Å²) in [5.74, 6) is 1.79. The van der Waals surface area contributed by atoms with Crippen LogP contribution in [0.2, 0.25) is 0 Å². The molecule has 0 fully saturated rings. The second-order valence-corrected chi connectivity index (χ2v) is 7.24. The zero-order chi connectivity index (χ0) is 19.7. The standard InChI is InChI=1S/C25H27N3O.ClH/c1-2-5-20(6-3-1)7-4-18-29-24-14-10-22(11-15-24)19-21-8-12-23(13-9-21)28-25-26-16-17-27-25;/h1-3,5-6,8-15H,4,7,16-19H2,(H2,26,27,28);1H. The highest BCUT2D eigenvalue weighted by molar-refractivity contribution is 5.94. The van der Waals surface area contributed by atoms with E-state index < -0.39 is 0 Å². The van der Waals surface area contributed by atoms with Gasteiger partial charge in [-0.25, -0.2) is 0 Å². The van der Waals surface area contributed by atoms with Crippen molar-refractivity contribution in [3.05, 3.63) is 95.6 Å². The number of hydrogen-bond acceptors (Lipinski definition) is 4. The Hall–Kier alpha value is -2.98. The summed E-state index contributed by atoms with van der Waals surface area (Å²) in [5, 5.41) is 6.51. The van der Waals surface area contributed by atoms with Crippen LogP contribution in [0.3, 0.4) is 0 Å². The van der Waals surface area contributed by atoms with Crippen LogP contribution in [0.25, 0.3) is 0 Å². The fourth-order valence-electron chi connectivity index (χ4n) is 3.37. The summed E-state index contributed by atoms with van der Waals surface area (Å²) in [7, 11) is 0. The monoisotopic (exact) mass is 421 g/mol. The van der Waals surface area contributed by atoms with Gasteiger partial charge in [-0.3, -0.25) is 4.99 Å². The van der Waals surface area contributed by atoms with Crippen molar-refractivity contribution in [1.29, 1.82) is 0 Å². The minimum absolute atomic E-state index is 0. The molecular weight excluding hydrogens is 394 g/mol. The molecule has 0 amide bonds. The molecule has 3 aromatic rings. The Morgan fingerprint density at radius 2 is 1.53 bits per heavy atom. The molecule has 0 saturated heterocycles. The molecule has 156 valence electrons. The number of nitrogens with zero attached hydrogens (tertiary/aromatic N) is 1. The number of aliphatic imine (C=N–C) groups is 1. The van der Waals surface area contributed by atoms with Crippen LogP contribution >= 0.6 is 12.4 Å². The molecule has 30 heavy (non-hydrogen) atoms. The first kappa shape index (κ1) is 21.7. The van der Waals surface area contributed by atoms with Gasteiger partial charge in [0.1, 0.15) is 5.75 Å². The summed E-state index contributed by atoms with van der Waals surface area (Å²) in [4.78, 5) is 4.35. The van der Waals surface area contributed by atoms with Gasteiger partial charge in [0, 0.05) is 12.2 Å². The SMILES string of the molecule is Cl.c1ccc(CCCOc2ccc(Cc3ccc(NC4=NCCN4)cc3)cc2)cc1. The molecule has 0 unspecified atom stereocenters. The van der Waals surface area contributed by atoms with Crippen molar-refractivity contribution in [2.75, 3.05) is 25.0 Å². The molecular formula is C25H28ClN3O. The van der Waals surface area contributed by atoms with Crippen molar-refractivity contribution in [2.24, 2.45) is 4.99 Å². The first-order valence-corrected chi connectivity index (χ1v) is 10.3. The van der Waals surface area contributed by atoms with Crippen molar-refractivity contribution in [3.63, 3.8) is 0 Å². The molecule has 0 aromatic heterocycles. The Labute approximate surface area is 184 Å². The lowest BCUT2D eigenvalue weighted by Crippen LogP contribution is -2.26. The van der Waals surface area contributed by atoms with Crippen LogP contribution in [0.5, 0.6) is 5.75 Å². The van der Waals surface area contributed by atoms with Crippen molar-refractivity contribution >= 4 is 24.1 Å². The maximum absolute atomic E-state index is 5.89. The molecule has 0 radical (unpaired) electrons. The third-order valence-corrected chi connectivity index (χ3v) is 4.94. The van der Waals surface area contributed by atoms with Gasteiger partial charge in [-0.15, -0.1) is 12.4 Å². The average Bonchev–Trinajstić information content (AvgIpc) is 3.28. The van der Waals surface area contributed by atoms with Crippen LogP contribution in [0.4, 0.5) is 5.69 Å². The lowest BCUT2D eigenvalue weighted by molar-refractivity contribution is 0.311. The predicted molar refractivity (Wildman–Crippen MR) is 127 cm³/mol. The van der Waals surface area contributed by atoms with Crippen LogP contribution in [-0.4, -0.2) is 25.7 Å². The summed E-state index contributed by atoms with van der Waals surface area (Å²) in [6.45, 7) is 2.49. The first-order valence-electron chi connectivity index (χ1n) is 10.3. The van der Waals surface area contributed by atoms with Gasteiger partial charge in [0.15, 0.2) is 5.96 Å². The second-order valence-electron chi connectivity index (χ2n) is 7.24. The molecule has 0 spiro atoms. The summed E-state index contributed by atoms with van der Waals surface area (Å²) in [6, 6.07) is 27.5. The lowest BCUT2D eigenvalue weighted by atomic mass is 10.0. The average molecular weight is 422 g/mol. The summed E-state index contributed by atoms with van der Waals surface area (Å²) >= 11 is 0. The molecule has 2 N–H and O–H groups in total. The van der Waals surface area contributed by atoms with Gasteiger partial charge in [-0.2, -0.15) is 0 Å². The van der Waals surface area contributed by atoms with E-state index in [0.717, 1.165) is 56.4 Å². The van der Waals surface area contributed by atoms with Gasteiger partial charge in [0.25, 0.3) is 0 Å². The third-order valence-electron chi connectivity index (χ3n) is 4.94. The minimum Gasteiger partial charge on any atom is -0.494 e. The summed E-state index contributed by atoms with van der Waals surface area (Å²) in [6.07, 6.45) is 2.98. The summed E-state index contributed by atoms with van der Waals surface area (Å²) in [5.41, 5.74) is 4.99. The quantitative estimate of drug-likeness (QED) is 0.498. The van der Waals surface area contributed by atoms with E-state index in [1.54, 1.807) is 0 Å². The van der Waals surface area contributed by atoms with Gasteiger partial charge in [0.2, 0.25) is 0 Å². The number of nitrogens with one attached hydrogen (secondary N) is 2. The molecule has 0 saturated carbocycles. The minimum atomic E-state index is 0. The fourth-order valence-corrected chi connectivity index (χ4v) is 3.37. The molecule has 1 aliphatic heterocycles. The molecule has 4 nitrogen and oxygen atoms in total. The highest BCUT2D eigenvalue weighted by Crippen LogP contribution is 2.17. The molecule has 3 aromatic carbocycles. The molecule has 1 heterocycles. The van der Waals surface area contributed by atoms with E-state index in [-0.39, 0.29) is 12.4 Å². The van der Waals surface area contributed by atoms with Gasteiger partial charge in [0.05, 0.1) is 13.2 Å². The van der Waals surface area contributed by atoms with E-state index in [9.17, 15) is 0 Å². The number of anilines is 1. The number of guanidine groups is 1. The lowest BCUT2D eigenvalue weighted by Gasteiger charge is -2.09. The maximum Gasteiger partial charge on any atom is 0.195 e. The maximum atomic E-state index is 5.89. The van der Waals surface area contributed by atoms with Gasteiger partial charge >= 0.3 is 0 Å². The van der Waals surface area contributed by atoms with E-state index in [1.807, 2.05) is 0 Å². The Bertz CT molecular complexity index is 925. The van der Waals surface area contributed by atoms with Crippen LogP contribution in [0.15, 0.2) is 83.9 Å².